The lowest BCUT2D eigenvalue weighted by Gasteiger charge is -2.09. The van der Waals surface area contributed by atoms with Crippen LogP contribution in [0.15, 0.2) is 87.6 Å². The number of hydrogen-bond acceptors (Lipinski definition) is 6. The van der Waals surface area contributed by atoms with Crippen molar-refractivity contribution in [2.75, 3.05) is 6.61 Å². The van der Waals surface area contributed by atoms with Crippen LogP contribution >= 0.6 is 11.8 Å². The van der Waals surface area contributed by atoms with Crippen LogP contribution in [0.25, 0.3) is 22.3 Å². The third-order valence-electron chi connectivity index (χ3n) is 4.97. The van der Waals surface area contributed by atoms with E-state index in [-0.39, 0.29) is 5.78 Å². The summed E-state index contributed by atoms with van der Waals surface area (Å²) >= 11 is 1.45. The zero-order valence-corrected chi connectivity index (χ0v) is 17.2. The van der Waals surface area contributed by atoms with E-state index < -0.39 is 6.61 Å². The van der Waals surface area contributed by atoms with Gasteiger partial charge in [0, 0.05) is 33.1 Å². The average molecular weight is 430 g/mol. The number of rotatable bonds is 7. The Hall–Kier alpha value is -3.62. The van der Waals surface area contributed by atoms with E-state index in [1.54, 1.807) is 18.4 Å². The van der Waals surface area contributed by atoms with Crippen LogP contribution in [-0.2, 0) is 6.54 Å². The number of furan rings is 1. The van der Waals surface area contributed by atoms with E-state index in [0.717, 1.165) is 32.9 Å². The lowest BCUT2D eigenvalue weighted by atomic mass is 10.1. The SMILES string of the molecule is O=C(CO)c1ccc(Sc2nnc(-c3c[nH]c4ccccc34)n2Cc2ccco2)cc1. The molecular weight excluding hydrogens is 412 g/mol. The number of hydrogen-bond donors (Lipinski definition) is 2. The van der Waals surface area contributed by atoms with E-state index in [2.05, 4.69) is 21.2 Å². The topological polar surface area (TPSA) is 96.9 Å². The minimum absolute atomic E-state index is 0.306. The molecule has 0 saturated carbocycles. The van der Waals surface area contributed by atoms with Gasteiger partial charge in [0.25, 0.3) is 0 Å². The molecule has 0 aliphatic rings. The number of ketones is 1. The fraction of sp³-hybridized carbons (Fsp3) is 0.0870. The summed E-state index contributed by atoms with van der Waals surface area (Å²) in [6.45, 7) is -0.0177. The Labute approximate surface area is 181 Å². The standard InChI is InChI=1S/C23H18N4O3S/c28-14-21(29)15-7-9-17(10-8-15)31-23-26-25-22(27(23)13-16-4-3-11-30-16)19-12-24-20-6-2-1-5-18(19)20/h1-12,24,28H,13-14H2. The van der Waals surface area contributed by atoms with Crippen molar-refractivity contribution in [1.82, 2.24) is 19.7 Å². The predicted octanol–water partition coefficient (Wildman–Crippen LogP) is 4.39. The first-order valence-corrected chi connectivity index (χ1v) is 10.5. The Balaban J connectivity index is 1.54. The van der Waals surface area contributed by atoms with Crippen LogP contribution < -0.4 is 0 Å². The number of nitrogens with one attached hydrogen (secondary N) is 1. The van der Waals surface area contributed by atoms with Gasteiger partial charge in [-0.05, 0) is 42.1 Å². The maximum absolute atomic E-state index is 11.7. The van der Waals surface area contributed by atoms with Crippen LogP contribution in [0, 0.1) is 0 Å². The highest BCUT2D eigenvalue weighted by Gasteiger charge is 2.19. The number of carbonyl (C=O) groups excluding carboxylic acids is 1. The second kappa shape index (κ2) is 8.25. The Morgan fingerprint density at radius 1 is 1.06 bits per heavy atom. The molecule has 0 aliphatic heterocycles. The molecule has 5 aromatic rings. The third kappa shape index (κ3) is 3.78. The van der Waals surface area contributed by atoms with Gasteiger partial charge in [-0.2, -0.15) is 0 Å². The van der Waals surface area contributed by atoms with Gasteiger partial charge >= 0.3 is 0 Å². The Morgan fingerprint density at radius 3 is 2.68 bits per heavy atom. The number of aliphatic hydroxyl groups excluding tert-OH is 1. The molecule has 0 amide bonds. The Bertz CT molecular complexity index is 1340. The minimum atomic E-state index is -0.502. The lowest BCUT2D eigenvalue weighted by Crippen LogP contribution is -2.04. The summed E-state index contributed by atoms with van der Waals surface area (Å²) in [4.78, 5) is 15.9. The van der Waals surface area contributed by atoms with E-state index in [0.29, 0.717) is 17.3 Å². The summed E-state index contributed by atoms with van der Waals surface area (Å²) < 4.78 is 7.59. The largest absolute Gasteiger partial charge is 0.467 e. The zero-order chi connectivity index (χ0) is 21.2. The summed E-state index contributed by atoms with van der Waals surface area (Å²) in [5.74, 6) is 1.23. The van der Waals surface area contributed by atoms with E-state index in [1.165, 1.54) is 11.8 Å². The molecule has 7 nitrogen and oxygen atoms in total. The van der Waals surface area contributed by atoms with Crippen molar-refractivity contribution in [1.29, 1.82) is 0 Å². The monoisotopic (exact) mass is 430 g/mol. The number of aromatic amines is 1. The maximum Gasteiger partial charge on any atom is 0.196 e. The number of aromatic nitrogens is 4. The first kappa shape index (κ1) is 19.3. The number of benzene rings is 2. The molecule has 0 saturated heterocycles. The van der Waals surface area contributed by atoms with Crippen LogP contribution in [0.3, 0.4) is 0 Å². The number of para-hydroxylation sites is 1. The van der Waals surface area contributed by atoms with Crippen LogP contribution in [-0.4, -0.2) is 37.2 Å². The van der Waals surface area contributed by atoms with Gasteiger partial charge in [-0.25, -0.2) is 0 Å². The van der Waals surface area contributed by atoms with Gasteiger partial charge in [-0.15, -0.1) is 10.2 Å². The molecule has 0 unspecified atom stereocenters. The second-order valence-corrected chi connectivity index (χ2v) is 7.97. The van der Waals surface area contributed by atoms with E-state index in [1.807, 2.05) is 53.2 Å². The molecule has 0 bridgehead atoms. The quantitative estimate of drug-likeness (QED) is 0.372. The summed E-state index contributed by atoms with van der Waals surface area (Å²) in [6, 6.07) is 18.9. The molecule has 3 aromatic heterocycles. The molecule has 154 valence electrons. The van der Waals surface area contributed by atoms with Crippen LogP contribution in [0.2, 0.25) is 0 Å². The molecular formula is C23H18N4O3S. The van der Waals surface area contributed by atoms with Gasteiger partial charge in [0.05, 0.1) is 12.8 Å². The highest BCUT2D eigenvalue weighted by molar-refractivity contribution is 7.99. The summed E-state index contributed by atoms with van der Waals surface area (Å²) in [5, 5.41) is 19.7. The van der Waals surface area contributed by atoms with Gasteiger partial charge in [-0.1, -0.05) is 30.3 Å². The van der Waals surface area contributed by atoms with Gasteiger partial charge in [-0.3, -0.25) is 9.36 Å². The van der Waals surface area contributed by atoms with Crippen molar-refractivity contribution in [3.05, 3.63) is 84.4 Å². The van der Waals surface area contributed by atoms with Crippen LogP contribution in [0.1, 0.15) is 16.1 Å². The lowest BCUT2D eigenvalue weighted by molar-refractivity contribution is 0.0903. The number of fused-ring (bicyclic) bond motifs is 1. The van der Waals surface area contributed by atoms with E-state index in [9.17, 15) is 4.79 Å². The number of H-pyrrole nitrogens is 1. The molecule has 0 radical (unpaired) electrons. The molecule has 0 atom stereocenters. The normalized spacial score (nSPS) is 11.3. The van der Waals surface area contributed by atoms with Gasteiger partial charge < -0.3 is 14.5 Å². The molecule has 2 aromatic carbocycles. The number of carbonyl (C=O) groups is 1. The number of nitrogens with zero attached hydrogens (tertiary/aromatic N) is 3. The van der Waals surface area contributed by atoms with Crippen molar-refractivity contribution in [3.63, 3.8) is 0 Å². The third-order valence-corrected chi connectivity index (χ3v) is 5.96. The molecule has 3 heterocycles. The predicted molar refractivity (Wildman–Crippen MR) is 117 cm³/mol. The van der Waals surface area contributed by atoms with Crippen molar-refractivity contribution < 1.29 is 14.3 Å². The summed E-state index contributed by atoms with van der Waals surface area (Å²) in [7, 11) is 0. The average Bonchev–Trinajstić information content (AvgIpc) is 3.55. The second-order valence-electron chi connectivity index (χ2n) is 6.93. The van der Waals surface area contributed by atoms with Crippen LogP contribution in [0.5, 0.6) is 0 Å². The highest BCUT2D eigenvalue weighted by Crippen LogP contribution is 2.33. The van der Waals surface area contributed by atoms with Crippen molar-refractivity contribution in [3.8, 4) is 11.4 Å². The molecule has 8 heteroatoms. The maximum atomic E-state index is 11.7. The smallest absolute Gasteiger partial charge is 0.196 e. The van der Waals surface area contributed by atoms with E-state index >= 15 is 0 Å². The Morgan fingerprint density at radius 2 is 1.90 bits per heavy atom. The van der Waals surface area contributed by atoms with Crippen LogP contribution in [0.4, 0.5) is 0 Å². The zero-order valence-electron chi connectivity index (χ0n) is 16.4. The molecule has 2 N–H and O–H groups in total. The molecule has 5 rings (SSSR count). The molecule has 31 heavy (non-hydrogen) atoms. The van der Waals surface area contributed by atoms with Gasteiger partial charge in [0.15, 0.2) is 16.8 Å². The minimum Gasteiger partial charge on any atom is -0.467 e. The Kier molecular flexibility index (Phi) is 5.15. The fourth-order valence-electron chi connectivity index (χ4n) is 3.43. The first-order valence-electron chi connectivity index (χ1n) is 9.67. The number of Topliss-reactive ketones (excluding diaryl/α,β-unsaturated/α-hetero) is 1. The van der Waals surface area contributed by atoms with Crippen molar-refractivity contribution >= 4 is 28.4 Å². The summed E-state index contributed by atoms with van der Waals surface area (Å²) in [5.41, 5.74) is 2.47. The first-order chi connectivity index (χ1) is 15.2. The molecule has 0 fully saturated rings. The van der Waals surface area contributed by atoms with Gasteiger partial charge in [0.2, 0.25) is 0 Å². The van der Waals surface area contributed by atoms with Gasteiger partial charge in [0.1, 0.15) is 12.4 Å². The van der Waals surface area contributed by atoms with E-state index in [4.69, 9.17) is 9.52 Å². The molecule has 0 spiro atoms. The van der Waals surface area contributed by atoms with Crippen molar-refractivity contribution in [2.24, 2.45) is 0 Å². The van der Waals surface area contributed by atoms with Crippen molar-refractivity contribution in [2.45, 2.75) is 16.6 Å². The fourth-order valence-corrected chi connectivity index (χ4v) is 4.25. The summed E-state index contributed by atoms with van der Waals surface area (Å²) in [6.07, 6.45) is 3.59. The highest BCUT2D eigenvalue weighted by atomic mass is 32.2. The number of aliphatic hydroxyl groups is 1. The molecule has 0 aliphatic carbocycles.